The van der Waals surface area contributed by atoms with Crippen LogP contribution in [0.2, 0.25) is 0 Å². The van der Waals surface area contributed by atoms with Crippen LogP contribution in [-0.4, -0.2) is 12.6 Å². The summed E-state index contributed by atoms with van der Waals surface area (Å²) in [6.07, 6.45) is 20.3. The maximum Gasteiger partial charge on any atom is 0.308 e. The van der Waals surface area contributed by atoms with Gasteiger partial charge in [0.25, 0.3) is 0 Å². The first kappa shape index (κ1) is 17.0. The molecule has 1 aliphatic heterocycles. The smallest absolute Gasteiger partial charge is 0.308 e. The van der Waals surface area contributed by atoms with Crippen molar-refractivity contribution in [3.63, 3.8) is 0 Å². The van der Waals surface area contributed by atoms with Crippen molar-refractivity contribution in [2.24, 2.45) is 5.92 Å². The van der Waals surface area contributed by atoms with Crippen molar-refractivity contribution in [2.75, 3.05) is 6.61 Å². The first-order valence-electron chi connectivity index (χ1n) is 8.27. The Balaban J connectivity index is 2.31. The van der Waals surface area contributed by atoms with Crippen LogP contribution in [0.1, 0.15) is 71.1 Å². The Kier molecular flexibility index (Phi) is 9.99. The summed E-state index contributed by atoms with van der Waals surface area (Å²) in [6.45, 7) is 2.57. The molecule has 0 aromatic rings. The van der Waals surface area contributed by atoms with Crippen LogP contribution in [-0.2, 0) is 9.53 Å². The summed E-state index contributed by atoms with van der Waals surface area (Å²) >= 11 is 0. The van der Waals surface area contributed by atoms with Gasteiger partial charge in [0.05, 0.1) is 12.5 Å². The Morgan fingerprint density at radius 3 is 2.30 bits per heavy atom. The highest BCUT2D eigenvalue weighted by Gasteiger charge is 2.13. The van der Waals surface area contributed by atoms with Crippen LogP contribution in [0.4, 0.5) is 0 Å². The second-order valence-corrected chi connectivity index (χ2v) is 5.73. The van der Waals surface area contributed by atoms with E-state index in [1.807, 2.05) is 6.92 Å². The Bertz CT molecular complexity index is 305. The summed E-state index contributed by atoms with van der Waals surface area (Å²) in [7, 11) is 0. The molecule has 1 unspecified atom stereocenters. The monoisotopic (exact) mass is 278 g/mol. The predicted molar refractivity (Wildman–Crippen MR) is 84.6 cm³/mol. The predicted octanol–water partition coefficient (Wildman–Crippen LogP) is 5.19. The van der Waals surface area contributed by atoms with Gasteiger partial charge < -0.3 is 4.74 Å². The van der Waals surface area contributed by atoms with Crippen molar-refractivity contribution >= 4 is 5.97 Å². The van der Waals surface area contributed by atoms with Gasteiger partial charge in [0.1, 0.15) is 0 Å². The van der Waals surface area contributed by atoms with E-state index in [-0.39, 0.29) is 11.9 Å². The lowest BCUT2D eigenvalue weighted by atomic mass is 10.0. The highest BCUT2D eigenvalue weighted by molar-refractivity contribution is 5.71. The van der Waals surface area contributed by atoms with Crippen molar-refractivity contribution < 1.29 is 9.53 Å². The number of hydrogen-bond acceptors (Lipinski definition) is 2. The number of rotatable bonds is 0. The maximum absolute atomic E-state index is 11.8. The highest BCUT2D eigenvalue weighted by Crippen LogP contribution is 2.13. The van der Waals surface area contributed by atoms with Crippen molar-refractivity contribution in [1.29, 1.82) is 0 Å². The van der Waals surface area contributed by atoms with Gasteiger partial charge in [-0.05, 0) is 44.9 Å². The zero-order valence-corrected chi connectivity index (χ0v) is 13.0. The maximum atomic E-state index is 11.8. The summed E-state index contributed by atoms with van der Waals surface area (Å²) < 4.78 is 5.33. The van der Waals surface area contributed by atoms with Crippen LogP contribution in [0.15, 0.2) is 24.3 Å². The van der Waals surface area contributed by atoms with Crippen LogP contribution in [0.3, 0.4) is 0 Å². The van der Waals surface area contributed by atoms with Gasteiger partial charge in [-0.15, -0.1) is 0 Å². The molecule has 0 aromatic carbocycles. The third-order valence-electron chi connectivity index (χ3n) is 3.78. The largest absolute Gasteiger partial charge is 0.465 e. The first-order chi connectivity index (χ1) is 9.80. The Morgan fingerprint density at radius 1 is 0.900 bits per heavy atom. The molecule has 0 saturated carbocycles. The molecule has 1 aliphatic rings. The van der Waals surface area contributed by atoms with Gasteiger partial charge in [-0.25, -0.2) is 0 Å². The second-order valence-electron chi connectivity index (χ2n) is 5.73. The summed E-state index contributed by atoms with van der Waals surface area (Å²) in [5.74, 6) is 0.0540. The van der Waals surface area contributed by atoms with Crippen LogP contribution >= 0.6 is 0 Å². The summed E-state index contributed by atoms with van der Waals surface area (Å²) in [5.41, 5.74) is 0. The molecule has 0 fully saturated rings. The lowest BCUT2D eigenvalue weighted by Gasteiger charge is -2.11. The molecule has 1 heterocycles. The van der Waals surface area contributed by atoms with E-state index in [0.717, 1.165) is 38.5 Å². The molecule has 20 heavy (non-hydrogen) atoms. The van der Waals surface area contributed by atoms with E-state index < -0.39 is 0 Å². The van der Waals surface area contributed by atoms with Gasteiger partial charge in [0, 0.05) is 0 Å². The average molecular weight is 278 g/mol. The van der Waals surface area contributed by atoms with Gasteiger partial charge in [-0.2, -0.15) is 0 Å². The molecule has 0 bridgehead atoms. The SMILES string of the molecule is CC1CCCCCC/C=C\C/C=C\CCCCOC1=O. The van der Waals surface area contributed by atoms with Gasteiger partial charge in [0.2, 0.25) is 0 Å². The molecule has 0 aliphatic carbocycles. The van der Waals surface area contributed by atoms with E-state index in [0.29, 0.717) is 6.61 Å². The van der Waals surface area contributed by atoms with E-state index in [4.69, 9.17) is 4.74 Å². The van der Waals surface area contributed by atoms with E-state index >= 15 is 0 Å². The second kappa shape index (κ2) is 11.7. The van der Waals surface area contributed by atoms with Crippen molar-refractivity contribution in [3.05, 3.63) is 24.3 Å². The van der Waals surface area contributed by atoms with Crippen LogP contribution in [0.25, 0.3) is 0 Å². The molecule has 0 aromatic heterocycles. The van der Waals surface area contributed by atoms with E-state index in [2.05, 4.69) is 24.3 Å². The fourth-order valence-corrected chi connectivity index (χ4v) is 2.37. The summed E-state index contributed by atoms with van der Waals surface area (Å²) in [5, 5.41) is 0. The molecule has 0 radical (unpaired) electrons. The first-order valence-corrected chi connectivity index (χ1v) is 8.27. The quantitative estimate of drug-likeness (QED) is 0.450. The average Bonchev–Trinajstić information content (AvgIpc) is 2.45. The highest BCUT2D eigenvalue weighted by atomic mass is 16.5. The Labute approximate surface area is 124 Å². The third kappa shape index (κ3) is 8.95. The van der Waals surface area contributed by atoms with Crippen LogP contribution < -0.4 is 0 Å². The van der Waals surface area contributed by atoms with E-state index in [1.54, 1.807) is 0 Å². The zero-order valence-electron chi connectivity index (χ0n) is 13.0. The van der Waals surface area contributed by atoms with Gasteiger partial charge >= 0.3 is 5.97 Å². The number of allylic oxidation sites excluding steroid dienone is 4. The fraction of sp³-hybridized carbons (Fsp3) is 0.722. The molecular formula is C18H30O2. The van der Waals surface area contributed by atoms with Crippen molar-refractivity contribution in [3.8, 4) is 0 Å². The summed E-state index contributed by atoms with van der Waals surface area (Å²) in [4.78, 5) is 11.8. The molecule has 1 rings (SSSR count). The van der Waals surface area contributed by atoms with E-state index in [9.17, 15) is 4.79 Å². The molecule has 0 spiro atoms. The number of carbonyl (C=O) groups excluding carboxylic acids is 1. The van der Waals surface area contributed by atoms with Crippen molar-refractivity contribution in [1.82, 2.24) is 0 Å². The molecule has 2 nitrogen and oxygen atoms in total. The molecule has 114 valence electrons. The third-order valence-corrected chi connectivity index (χ3v) is 3.78. The minimum atomic E-state index is -0.00964. The minimum Gasteiger partial charge on any atom is -0.465 e. The molecule has 0 N–H and O–H groups in total. The molecular weight excluding hydrogens is 248 g/mol. The lowest BCUT2D eigenvalue weighted by molar-refractivity contribution is -0.148. The van der Waals surface area contributed by atoms with E-state index in [1.165, 1.54) is 25.7 Å². The Hall–Kier alpha value is -1.05. The summed E-state index contributed by atoms with van der Waals surface area (Å²) in [6, 6.07) is 0. The van der Waals surface area contributed by atoms with Gasteiger partial charge in [0.15, 0.2) is 0 Å². The number of esters is 1. The fourth-order valence-electron chi connectivity index (χ4n) is 2.37. The van der Waals surface area contributed by atoms with Gasteiger partial charge in [-0.1, -0.05) is 50.5 Å². The molecule has 2 heteroatoms. The van der Waals surface area contributed by atoms with Crippen LogP contribution in [0.5, 0.6) is 0 Å². The normalized spacial score (nSPS) is 27.9. The topological polar surface area (TPSA) is 26.3 Å². The lowest BCUT2D eigenvalue weighted by Crippen LogP contribution is -2.15. The van der Waals surface area contributed by atoms with Gasteiger partial charge in [-0.3, -0.25) is 4.79 Å². The molecule has 0 amide bonds. The zero-order chi connectivity index (χ0) is 14.5. The van der Waals surface area contributed by atoms with Crippen LogP contribution in [0, 0.1) is 5.92 Å². The molecule has 0 saturated heterocycles. The number of hydrogen-bond donors (Lipinski definition) is 0. The number of cyclic esters (lactones) is 1. The Morgan fingerprint density at radius 2 is 1.55 bits per heavy atom. The standard InChI is InChI=1S/C18H30O2/c1-17-15-13-11-9-7-5-3-2-4-6-8-10-12-14-16-20-18(17)19/h2-3,6,8,17H,4-5,7,9-16H2,1H3/b3-2-,8-6-. The molecule has 1 atom stereocenters. The minimum absolute atomic E-state index is 0.00964. The van der Waals surface area contributed by atoms with Crippen molar-refractivity contribution in [2.45, 2.75) is 71.1 Å². The number of carbonyl (C=O) groups is 1. The number of ether oxygens (including phenoxy) is 1.